The Morgan fingerprint density at radius 1 is 0.750 bits per heavy atom. The van der Waals surface area contributed by atoms with Gasteiger partial charge in [0.05, 0.1) is 0 Å². The van der Waals surface area contributed by atoms with Gasteiger partial charge in [0, 0.05) is 10.7 Å². The molecule has 1 aromatic rings. The minimum absolute atomic E-state index is 0.205. The van der Waals surface area contributed by atoms with Crippen molar-refractivity contribution in [3.8, 4) is 0 Å². The molecule has 0 amide bonds. The zero-order valence-corrected chi connectivity index (χ0v) is 13.7. The fourth-order valence-electron chi connectivity index (χ4n) is 1.53. The molecular weight excluding hydrogens is 328 g/mol. The average Bonchev–Trinajstić information content (AvgIpc) is 2.29. The van der Waals surface area contributed by atoms with Crippen LogP contribution in [0.1, 0.15) is 38.8 Å². The van der Waals surface area contributed by atoms with Crippen LogP contribution < -0.4 is 0 Å². The van der Waals surface area contributed by atoms with Gasteiger partial charge in [0.1, 0.15) is 0 Å². The second-order valence-electron chi connectivity index (χ2n) is 5.61. The van der Waals surface area contributed by atoms with E-state index in [1.165, 1.54) is 11.1 Å². The third-order valence-corrected chi connectivity index (χ3v) is 5.92. The van der Waals surface area contributed by atoms with Gasteiger partial charge in [0.2, 0.25) is 0 Å². The Hall–Kier alpha value is 0.180. The lowest BCUT2D eigenvalue weighted by Crippen LogP contribution is -2.21. The van der Waals surface area contributed by atoms with E-state index in [-0.39, 0.29) is 10.8 Å². The highest BCUT2D eigenvalue weighted by Crippen LogP contribution is 2.29. The molecule has 0 aliphatic carbocycles. The molecule has 0 unspecified atom stereocenters. The van der Waals surface area contributed by atoms with E-state index in [0.717, 1.165) is 10.7 Å². The molecule has 0 spiro atoms. The van der Waals surface area contributed by atoms with Crippen molar-refractivity contribution in [2.75, 3.05) is 10.7 Å². The van der Waals surface area contributed by atoms with Crippen molar-refractivity contribution in [2.45, 2.75) is 38.5 Å². The Labute approximate surface area is 116 Å². The minimum atomic E-state index is 0.205. The quantitative estimate of drug-likeness (QED) is 0.670. The van der Waals surface area contributed by atoms with Crippen LogP contribution in [0.2, 0.25) is 0 Å². The first-order valence-corrected chi connectivity index (χ1v) is 7.81. The maximum Gasteiger partial charge on any atom is 0.0123 e. The first-order chi connectivity index (χ1) is 7.33. The van der Waals surface area contributed by atoms with E-state index >= 15 is 0 Å². The largest absolute Gasteiger partial charge is 0.0919 e. The summed E-state index contributed by atoms with van der Waals surface area (Å²) in [6, 6.07) is 9.00. The van der Waals surface area contributed by atoms with Crippen LogP contribution in [-0.4, -0.2) is 10.7 Å². The molecule has 16 heavy (non-hydrogen) atoms. The highest BCUT2D eigenvalue weighted by Gasteiger charge is 2.22. The molecule has 0 radical (unpaired) electrons. The van der Waals surface area contributed by atoms with Crippen LogP contribution in [-0.2, 0) is 10.8 Å². The summed E-state index contributed by atoms with van der Waals surface area (Å²) in [5.74, 6) is 0. The summed E-state index contributed by atoms with van der Waals surface area (Å²) in [5.41, 5.74) is 3.19. The topological polar surface area (TPSA) is 0 Å². The zero-order chi connectivity index (χ0) is 12.4. The molecule has 0 aliphatic heterocycles. The second kappa shape index (κ2) is 5.22. The molecule has 0 aliphatic rings. The van der Waals surface area contributed by atoms with E-state index in [9.17, 15) is 0 Å². The van der Waals surface area contributed by atoms with E-state index in [1.807, 2.05) is 0 Å². The van der Waals surface area contributed by atoms with E-state index in [2.05, 4.69) is 83.8 Å². The summed E-state index contributed by atoms with van der Waals surface area (Å²) in [5, 5.41) is 1.97. The first kappa shape index (κ1) is 14.2. The van der Waals surface area contributed by atoms with Crippen LogP contribution in [0.3, 0.4) is 0 Å². The van der Waals surface area contributed by atoms with Gasteiger partial charge in [-0.15, -0.1) is 0 Å². The van der Waals surface area contributed by atoms with E-state index in [4.69, 9.17) is 0 Å². The van der Waals surface area contributed by atoms with Crippen molar-refractivity contribution in [3.05, 3.63) is 35.4 Å². The molecule has 90 valence electrons. The predicted octanol–water partition coefficient (Wildman–Crippen LogP) is 5.03. The van der Waals surface area contributed by atoms with Crippen LogP contribution in [0.4, 0.5) is 0 Å². The maximum atomic E-state index is 3.57. The van der Waals surface area contributed by atoms with Gasteiger partial charge >= 0.3 is 0 Å². The third-order valence-electron chi connectivity index (χ3n) is 3.12. The van der Waals surface area contributed by atoms with Crippen molar-refractivity contribution in [1.29, 1.82) is 0 Å². The van der Waals surface area contributed by atoms with Gasteiger partial charge in [-0.2, -0.15) is 0 Å². The Balaban J connectivity index is 3.00. The van der Waals surface area contributed by atoms with Crippen molar-refractivity contribution in [1.82, 2.24) is 0 Å². The van der Waals surface area contributed by atoms with Crippen LogP contribution in [0.15, 0.2) is 24.3 Å². The lowest BCUT2D eigenvalue weighted by molar-refractivity contribution is 0.593. The predicted molar refractivity (Wildman–Crippen MR) is 80.1 cm³/mol. The fourth-order valence-corrected chi connectivity index (χ4v) is 2.17. The number of alkyl halides is 2. The highest BCUT2D eigenvalue weighted by atomic mass is 79.9. The Morgan fingerprint density at radius 2 is 1.00 bits per heavy atom. The summed E-state index contributed by atoms with van der Waals surface area (Å²) >= 11 is 7.14. The summed E-state index contributed by atoms with van der Waals surface area (Å²) in [6.45, 7) is 9.03. The standard InChI is InChI=1S/C14H20Br2/c1-13(2,9-15)11-5-7-12(8-6-11)14(3,4)10-16/h5-8H,9-10H2,1-4H3. The number of rotatable bonds is 4. The Morgan fingerprint density at radius 3 is 1.19 bits per heavy atom. The Kier molecular flexibility index (Phi) is 4.65. The highest BCUT2D eigenvalue weighted by molar-refractivity contribution is 9.09. The summed E-state index contributed by atoms with van der Waals surface area (Å²) in [6.07, 6.45) is 0. The molecule has 0 nitrogen and oxygen atoms in total. The summed E-state index contributed by atoms with van der Waals surface area (Å²) < 4.78 is 0. The first-order valence-electron chi connectivity index (χ1n) is 5.56. The van der Waals surface area contributed by atoms with E-state index in [0.29, 0.717) is 0 Å². The van der Waals surface area contributed by atoms with Crippen molar-refractivity contribution < 1.29 is 0 Å². The van der Waals surface area contributed by atoms with Gasteiger partial charge in [-0.25, -0.2) is 0 Å². The van der Waals surface area contributed by atoms with Gasteiger partial charge in [0.15, 0.2) is 0 Å². The molecule has 0 saturated heterocycles. The smallest absolute Gasteiger partial charge is 0.0123 e. The maximum absolute atomic E-state index is 3.57. The fraction of sp³-hybridized carbons (Fsp3) is 0.571. The van der Waals surface area contributed by atoms with Crippen LogP contribution in [0.25, 0.3) is 0 Å². The molecule has 0 bridgehead atoms. The molecule has 0 atom stereocenters. The SMILES string of the molecule is CC(C)(CBr)c1ccc(C(C)(C)CBr)cc1. The molecule has 0 aromatic heterocycles. The molecule has 1 aromatic carbocycles. The van der Waals surface area contributed by atoms with Gasteiger partial charge in [-0.05, 0) is 22.0 Å². The van der Waals surface area contributed by atoms with E-state index < -0.39 is 0 Å². The Bertz CT molecular complexity index is 301. The van der Waals surface area contributed by atoms with Crippen molar-refractivity contribution >= 4 is 31.9 Å². The molecule has 0 heterocycles. The number of benzene rings is 1. The van der Waals surface area contributed by atoms with Gasteiger partial charge in [-0.1, -0.05) is 83.8 Å². The molecule has 0 saturated carbocycles. The van der Waals surface area contributed by atoms with Crippen molar-refractivity contribution in [3.63, 3.8) is 0 Å². The van der Waals surface area contributed by atoms with Gasteiger partial charge < -0.3 is 0 Å². The molecule has 1 rings (SSSR count). The third kappa shape index (κ3) is 3.10. The lowest BCUT2D eigenvalue weighted by atomic mass is 9.82. The van der Waals surface area contributed by atoms with E-state index in [1.54, 1.807) is 0 Å². The van der Waals surface area contributed by atoms with Gasteiger partial charge in [0.25, 0.3) is 0 Å². The lowest BCUT2D eigenvalue weighted by Gasteiger charge is -2.26. The minimum Gasteiger partial charge on any atom is -0.0919 e. The summed E-state index contributed by atoms with van der Waals surface area (Å²) in [4.78, 5) is 0. The second-order valence-corrected chi connectivity index (χ2v) is 6.73. The molecule has 0 N–H and O–H groups in total. The molecular formula is C14H20Br2. The average molecular weight is 348 g/mol. The molecule has 2 heteroatoms. The zero-order valence-electron chi connectivity index (χ0n) is 10.5. The number of hydrogen-bond donors (Lipinski definition) is 0. The normalized spacial score (nSPS) is 12.9. The van der Waals surface area contributed by atoms with Crippen LogP contribution >= 0.6 is 31.9 Å². The monoisotopic (exact) mass is 346 g/mol. The van der Waals surface area contributed by atoms with Crippen LogP contribution in [0, 0.1) is 0 Å². The number of halogens is 2. The van der Waals surface area contributed by atoms with Crippen LogP contribution in [0.5, 0.6) is 0 Å². The molecule has 0 fully saturated rings. The van der Waals surface area contributed by atoms with Crippen molar-refractivity contribution in [2.24, 2.45) is 0 Å². The van der Waals surface area contributed by atoms with Gasteiger partial charge in [-0.3, -0.25) is 0 Å². The summed E-state index contributed by atoms with van der Waals surface area (Å²) in [7, 11) is 0. The number of hydrogen-bond acceptors (Lipinski definition) is 0.